The van der Waals surface area contributed by atoms with Gasteiger partial charge in [-0.05, 0) is 28.4 Å². The standard InChI is InChI=1S/C9H12BrClOS/c1-2-3-4-7(12)8-5-6(11)9(10)13-8/h5,7,12H,2-4H2,1H3. The summed E-state index contributed by atoms with van der Waals surface area (Å²) in [6, 6.07) is 1.83. The molecular weight excluding hydrogens is 272 g/mol. The van der Waals surface area contributed by atoms with Crippen molar-refractivity contribution in [2.75, 3.05) is 0 Å². The molecule has 0 aliphatic heterocycles. The molecule has 0 spiro atoms. The number of halogens is 2. The van der Waals surface area contributed by atoms with Crippen LogP contribution in [0.2, 0.25) is 5.02 Å². The van der Waals surface area contributed by atoms with E-state index in [1.165, 1.54) is 11.3 Å². The van der Waals surface area contributed by atoms with E-state index in [9.17, 15) is 5.11 Å². The molecule has 1 rings (SSSR count). The van der Waals surface area contributed by atoms with Crippen LogP contribution in [0.25, 0.3) is 0 Å². The summed E-state index contributed by atoms with van der Waals surface area (Å²) in [6.07, 6.45) is 2.62. The van der Waals surface area contributed by atoms with E-state index in [2.05, 4.69) is 22.9 Å². The van der Waals surface area contributed by atoms with Crippen molar-refractivity contribution in [1.82, 2.24) is 0 Å². The highest BCUT2D eigenvalue weighted by atomic mass is 79.9. The molecular formula is C9H12BrClOS. The van der Waals surface area contributed by atoms with Crippen LogP contribution in [0.3, 0.4) is 0 Å². The number of aliphatic hydroxyl groups is 1. The number of hydrogen-bond acceptors (Lipinski definition) is 2. The summed E-state index contributed by atoms with van der Waals surface area (Å²) < 4.78 is 0.903. The zero-order valence-corrected chi connectivity index (χ0v) is 10.5. The maximum atomic E-state index is 9.72. The molecule has 0 amide bonds. The van der Waals surface area contributed by atoms with Crippen molar-refractivity contribution in [3.63, 3.8) is 0 Å². The van der Waals surface area contributed by atoms with Gasteiger partial charge in [-0.25, -0.2) is 0 Å². The molecule has 1 atom stereocenters. The lowest BCUT2D eigenvalue weighted by Gasteiger charge is -2.05. The van der Waals surface area contributed by atoms with E-state index in [0.717, 1.165) is 27.9 Å². The molecule has 0 fully saturated rings. The summed E-state index contributed by atoms with van der Waals surface area (Å²) >= 11 is 10.7. The van der Waals surface area contributed by atoms with Gasteiger partial charge in [-0.3, -0.25) is 0 Å². The number of rotatable bonds is 4. The summed E-state index contributed by atoms with van der Waals surface area (Å²) in [4.78, 5) is 0.949. The zero-order valence-electron chi connectivity index (χ0n) is 7.39. The Morgan fingerprint density at radius 2 is 2.38 bits per heavy atom. The highest BCUT2D eigenvalue weighted by Gasteiger charge is 2.12. The first kappa shape index (κ1) is 11.5. The highest BCUT2D eigenvalue weighted by molar-refractivity contribution is 9.11. The third-order valence-corrected chi connectivity index (χ3v) is 4.40. The van der Waals surface area contributed by atoms with Gasteiger partial charge in [0.1, 0.15) is 0 Å². The van der Waals surface area contributed by atoms with E-state index >= 15 is 0 Å². The maximum absolute atomic E-state index is 9.72. The van der Waals surface area contributed by atoms with Gasteiger partial charge in [-0.15, -0.1) is 11.3 Å². The Hall–Kier alpha value is 0.430. The van der Waals surface area contributed by atoms with Crippen LogP contribution in [0.1, 0.15) is 37.2 Å². The minimum Gasteiger partial charge on any atom is -0.388 e. The molecule has 1 N–H and O–H groups in total. The van der Waals surface area contributed by atoms with Gasteiger partial charge in [0.15, 0.2) is 0 Å². The maximum Gasteiger partial charge on any atom is 0.0888 e. The SMILES string of the molecule is CCCCC(O)c1cc(Cl)c(Br)s1. The summed E-state index contributed by atoms with van der Waals surface area (Å²) in [6.45, 7) is 2.12. The summed E-state index contributed by atoms with van der Waals surface area (Å²) in [5.41, 5.74) is 0. The normalized spacial score (nSPS) is 13.2. The highest BCUT2D eigenvalue weighted by Crippen LogP contribution is 2.36. The fraction of sp³-hybridized carbons (Fsp3) is 0.556. The van der Waals surface area contributed by atoms with Crippen LogP contribution in [0.15, 0.2) is 9.85 Å². The van der Waals surface area contributed by atoms with Crippen molar-refractivity contribution >= 4 is 38.9 Å². The molecule has 1 unspecified atom stereocenters. The lowest BCUT2D eigenvalue weighted by Crippen LogP contribution is -1.93. The Bertz CT molecular complexity index is 255. The second-order valence-electron chi connectivity index (χ2n) is 2.93. The Labute approximate surface area is 95.9 Å². The van der Waals surface area contributed by atoms with Crippen molar-refractivity contribution in [1.29, 1.82) is 0 Å². The molecule has 0 radical (unpaired) electrons. The topological polar surface area (TPSA) is 20.2 Å². The molecule has 13 heavy (non-hydrogen) atoms. The van der Waals surface area contributed by atoms with Crippen LogP contribution in [0.4, 0.5) is 0 Å². The molecule has 0 saturated heterocycles. The van der Waals surface area contributed by atoms with Crippen molar-refractivity contribution in [2.45, 2.75) is 32.3 Å². The van der Waals surface area contributed by atoms with E-state index in [1.807, 2.05) is 6.07 Å². The molecule has 0 aromatic carbocycles. The number of aliphatic hydroxyl groups excluding tert-OH is 1. The lowest BCUT2D eigenvalue weighted by molar-refractivity contribution is 0.168. The first-order valence-electron chi connectivity index (χ1n) is 4.28. The van der Waals surface area contributed by atoms with Gasteiger partial charge in [0.2, 0.25) is 0 Å². The second-order valence-corrected chi connectivity index (χ2v) is 5.74. The Balaban J connectivity index is 2.60. The van der Waals surface area contributed by atoms with Crippen LogP contribution in [0, 0.1) is 0 Å². The molecule has 0 saturated carbocycles. The molecule has 0 bridgehead atoms. The lowest BCUT2D eigenvalue weighted by atomic mass is 10.1. The average molecular weight is 284 g/mol. The Morgan fingerprint density at radius 3 is 2.85 bits per heavy atom. The van der Waals surface area contributed by atoms with Crippen LogP contribution < -0.4 is 0 Å². The van der Waals surface area contributed by atoms with Crippen molar-refractivity contribution in [2.24, 2.45) is 0 Å². The third kappa shape index (κ3) is 3.24. The zero-order chi connectivity index (χ0) is 9.84. The van der Waals surface area contributed by atoms with Crippen LogP contribution >= 0.6 is 38.9 Å². The molecule has 1 aromatic rings. The second kappa shape index (κ2) is 5.35. The van der Waals surface area contributed by atoms with Crippen LogP contribution in [0.5, 0.6) is 0 Å². The van der Waals surface area contributed by atoms with Gasteiger partial charge in [0.05, 0.1) is 14.9 Å². The smallest absolute Gasteiger partial charge is 0.0888 e. The van der Waals surface area contributed by atoms with Gasteiger partial charge >= 0.3 is 0 Å². The predicted octanol–water partition coefficient (Wildman–Crippen LogP) is 4.39. The van der Waals surface area contributed by atoms with Gasteiger partial charge in [-0.1, -0.05) is 31.4 Å². The van der Waals surface area contributed by atoms with E-state index in [1.54, 1.807) is 0 Å². The minimum atomic E-state index is -0.353. The van der Waals surface area contributed by atoms with Crippen molar-refractivity contribution in [3.05, 3.63) is 19.8 Å². The summed E-state index contributed by atoms with van der Waals surface area (Å²) in [5.74, 6) is 0. The molecule has 0 aliphatic rings. The van der Waals surface area contributed by atoms with E-state index < -0.39 is 0 Å². The molecule has 1 aromatic heterocycles. The summed E-state index contributed by atoms with van der Waals surface area (Å²) in [5, 5.41) is 10.4. The number of thiophene rings is 1. The van der Waals surface area contributed by atoms with Gasteiger partial charge < -0.3 is 5.11 Å². The quantitative estimate of drug-likeness (QED) is 0.869. The van der Waals surface area contributed by atoms with E-state index in [-0.39, 0.29) is 6.10 Å². The largest absolute Gasteiger partial charge is 0.388 e. The fourth-order valence-corrected chi connectivity index (χ4v) is 2.83. The Morgan fingerprint density at radius 1 is 1.69 bits per heavy atom. The van der Waals surface area contributed by atoms with Gasteiger partial charge in [0, 0.05) is 4.88 Å². The third-order valence-electron chi connectivity index (χ3n) is 1.82. The molecule has 0 aliphatic carbocycles. The number of unbranched alkanes of at least 4 members (excludes halogenated alkanes) is 1. The van der Waals surface area contributed by atoms with Gasteiger partial charge in [-0.2, -0.15) is 0 Å². The Kier molecular flexibility index (Phi) is 4.73. The fourth-order valence-electron chi connectivity index (χ4n) is 1.07. The van der Waals surface area contributed by atoms with Gasteiger partial charge in [0.25, 0.3) is 0 Å². The molecule has 1 nitrogen and oxygen atoms in total. The predicted molar refractivity (Wildman–Crippen MR) is 61.5 cm³/mol. The van der Waals surface area contributed by atoms with E-state index in [4.69, 9.17) is 11.6 Å². The number of hydrogen-bond donors (Lipinski definition) is 1. The van der Waals surface area contributed by atoms with Crippen LogP contribution in [-0.2, 0) is 0 Å². The first-order valence-corrected chi connectivity index (χ1v) is 6.26. The van der Waals surface area contributed by atoms with E-state index in [0.29, 0.717) is 5.02 Å². The van der Waals surface area contributed by atoms with Crippen molar-refractivity contribution < 1.29 is 5.11 Å². The van der Waals surface area contributed by atoms with Crippen LogP contribution in [-0.4, -0.2) is 5.11 Å². The van der Waals surface area contributed by atoms with Crippen molar-refractivity contribution in [3.8, 4) is 0 Å². The first-order chi connectivity index (χ1) is 6.15. The molecule has 1 heterocycles. The summed E-state index contributed by atoms with van der Waals surface area (Å²) in [7, 11) is 0. The molecule has 4 heteroatoms. The average Bonchev–Trinajstić information content (AvgIpc) is 2.43. The minimum absolute atomic E-state index is 0.353. The molecule has 74 valence electrons. The monoisotopic (exact) mass is 282 g/mol.